The highest BCUT2D eigenvalue weighted by molar-refractivity contribution is 7.89. The Hall–Kier alpha value is -2.49. The van der Waals surface area contributed by atoms with Crippen molar-refractivity contribution < 1.29 is 27.1 Å². The van der Waals surface area contributed by atoms with E-state index in [1.807, 2.05) is 0 Å². The van der Waals surface area contributed by atoms with Crippen molar-refractivity contribution in [1.29, 1.82) is 0 Å². The first-order chi connectivity index (χ1) is 14.7. The third-order valence-corrected chi connectivity index (χ3v) is 7.26. The molecule has 1 aliphatic carbocycles. The highest BCUT2D eigenvalue weighted by Gasteiger charge is 2.30. The van der Waals surface area contributed by atoms with E-state index in [1.165, 1.54) is 30.3 Å². The van der Waals surface area contributed by atoms with E-state index in [0.717, 1.165) is 6.07 Å². The second-order valence-electron chi connectivity index (χ2n) is 7.52. The highest BCUT2D eigenvalue weighted by Crippen LogP contribution is 2.35. The summed E-state index contributed by atoms with van der Waals surface area (Å²) in [5, 5.41) is 9.80. The minimum Gasteiger partial charge on any atom is -0.481 e. The summed E-state index contributed by atoms with van der Waals surface area (Å²) in [6.45, 7) is 0.0465. The Balaban J connectivity index is 1.69. The molecule has 1 aliphatic rings. The lowest BCUT2D eigenvalue weighted by atomic mass is 9.92. The molecule has 0 fully saturated rings. The fraction of sp³-hybridized carbons (Fsp3) is 0.286. The normalized spacial score (nSPS) is 16.4. The van der Waals surface area contributed by atoms with Gasteiger partial charge in [-0.05, 0) is 55.2 Å². The van der Waals surface area contributed by atoms with Crippen LogP contribution in [0.4, 0.5) is 8.78 Å². The van der Waals surface area contributed by atoms with Crippen LogP contribution in [0.25, 0.3) is 10.9 Å². The number of aliphatic carboxylic acids is 1. The Morgan fingerprint density at radius 1 is 1.23 bits per heavy atom. The first-order valence-corrected chi connectivity index (χ1v) is 11.5. The van der Waals surface area contributed by atoms with E-state index in [9.17, 15) is 22.0 Å². The number of carboxylic acid groups (broad SMARTS) is 1. The number of hydrogen-bond acceptors (Lipinski definition) is 3. The molecular weight excluding hydrogens is 450 g/mol. The molecule has 10 heteroatoms. The number of benzene rings is 2. The minimum atomic E-state index is -3.80. The Morgan fingerprint density at radius 3 is 2.61 bits per heavy atom. The van der Waals surface area contributed by atoms with Gasteiger partial charge in [-0.3, -0.25) is 4.79 Å². The van der Waals surface area contributed by atoms with Gasteiger partial charge in [-0.15, -0.1) is 0 Å². The summed E-state index contributed by atoms with van der Waals surface area (Å²) in [4.78, 5) is 11.1. The second-order valence-corrected chi connectivity index (χ2v) is 9.67. The molecular formula is C21H19ClF2N2O4S. The SMILES string of the molecule is O=C(O)CCn1c2c(c3cc(F)cc(F)c31)CC(NS(=O)(=O)c1ccc(Cl)cc1)CC2. The average Bonchev–Trinajstić information content (AvgIpc) is 2.99. The van der Waals surface area contributed by atoms with Gasteiger partial charge in [-0.2, -0.15) is 0 Å². The Bertz CT molecular complexity index is 1270. The van der Waals surface area contributed by atoms with Crippen molar-refractivity contribution in [3.8, 4) is 0 Å². The molecule has 0 radical (unpaired) electrons. The van der Waals surface area contributed by atoms with Gasteiger partial charge in [0.1, 0.15) is 11.6 Å². The molecule has 164 valence electrons. The molecule has 0 saturated carbocycles. The lowest BCUT2D eigenvalue weighted by molar-refractivity contribution is -0.137. The van der Waals surface area contributed by atoms with E-state index >= 15 is 0 Å². The van der Waals surface area contributed by atoms with Crippen LogP contribution in [0.15, 0.2) is 41.3 Å². The second kappa shape index (κ2) is 8.22. The topological polar surface area (TPSA) is 88.4 Å². The van der Waals surface area contributed by atoms with Crippen LogP contribution >= 0.6 is 11.6 Å². The van der Waals surface area contributed by atoms with Gasteiger partial charge in [0.25, 0.3) is 0 Å². The van der Waals surface area contributed by atoms with E-state index in [0.29, 0.717) is 34.5 Å². The zero-order chi connectivity index (χ0) is 22.3. The van der Waals surface area contributed by atoms with Gasteiger partial charge in [0.2, 0.25) is 10.0 Å². The molecule has 1 atom stereocenters. The molecule has 0 spiro atoms. The molecule has 0 aliphatic heterocycles. The number of nitrogens with zero attached hydrogens (tertiary/aromatic N) is 1. The van der Waals surface area contributed by atoms with Gasteiger partial charge >= 0.3 is 5.97 Å². The average molecular weight is 469 g/mol. The highest BCUT2D eigenvalue weighted by atomic mass is 35.5. The van der Waals surface area contributed by atoms with Crippen molar-refractivity contribution in [2.45, 2.75) is 43.2 Å². The van der Waals surface area contributed by atoms with Crippen LogP contribution in [0, 0.1) is 11.6 Å². The number of fused-ring (bicyclic) bond motifs is 3. The van der Waals surface area contributed by atoms with Gasteiger partial charge in [0.05, 0.1) is 16.8 Å². The molecule has 1 aromatic heterocycles. The molecule has 4 rings (SSSR count). The predicted molar refractivity (Wildman–Crippen MR) is 112 cm³/mol. The zero-order valence-corrected chi connectivity index (χ0v) is 17.8. The van der Waals surface area contributed by atoms with Crippen LogP contribution in [0.1, 0.15) is 24.1 Å². The summed E-state index contributed by atoms with van der Waals surface area (Å²) < 4.78 is 58.3. The first-order valence-electron chi connectivity index (χ1n) is 9.64. The molecule has 31 heavy (non-hydrogen) atoms. The first kappa shape index (κ1) is 21.7. The van der Waals surface area contributed by atoms with Crippen LogP contribution in [0.5, 0.6) is 0 Å². The number of carboxylic acids is 1. The van der Waals surface area contributed by atoms with Crippen molar-refractivity contribution >= 4 is 38.5 Å². The van der Waals surface area contributed by atoms with E-state index in [2.05, 4.69) is 4.72 Å². The van der Waals surface area contributed by atoms with Crippen molar-refractivity contribution in [2.75, 3.05) is 0 Å². The molecule has 3 aromatic rings. The minimum absolute atomic E-state index is 0.0465. The molecule has 1 heterocycles. The molecule has 6 nitrogen and oxygen atoms in total. The summed E-state index contributed by atoms with van der Waals surface area (Å²) in [5.41, 5.74) is 1.49. The van der Waals surface area contributed by atoms with Gasteiger partial charge in [0, 0.05) is 34.8 Å². The van der Waals surface area contributed by atoms with Crippen molar-refractivity contribution in [2.24, 2.45) is 0 Å². The van der Waals surface area contributed by atoms with Crippen LogP contribution in [0.2, 0.25) is 5.02 Å². The maximum Gasteiger partial charge on any atom is 0.305 e. The van der Waals surface area contributed by atoms with E-state index in [-0.39, 0.29) is 29.8 Å². The summed E-state index contributed by atoms with van der Waals surface area (Å²) >= 11 is 5.82. The van der Waals surface area contributed by atoms with Gasteiger partial charge in [-0.1, -0.05) is 11.6 Å². The molecule has 0 bridgehead atoms. The number of sulfonamides is 1. The molecule has 0 saturated heterocycles. The van der Waals surface area contributed by atoms with Crippen molar-refractivity contribution in [1.82, 2.24) is 9.29 Å². The predicted octanol–water partition coefficient (Wildman–Crippen LogP) is 3.88. The maximum absolute atomic E-state index is 14.6. The molecule has 2 N–H and O–H groups in total. The van der Waals surface area contributed by atoms with Crippen LogP contribution in [0.3, 0.4) is 0 Å². The Morgan fingerprint density at radius 2 is 1.94 bits per heavy atom. The summed E-state index contributed by atoms with van der Waals surface area (Å²) in [6.07, 6.45) is 0.868. The van der Waals surface area contributed by atoms with Crippen LogP contribution < -0.4 is 4.72 Å². The Labute approximate surface area is 182 Å². The number of aromatic nitrogens is 1. The van der Waals surface area contributed by atoms with Gasteiger partial charge < -0.3 is 9.67 Å². The standard InChI is InChI=1S/C21H19ClF2N2O4S/c22-12-1-4-15(5-2-12)31(29,30)25-14-3-6-19-16(11-14)17-9-13(23)10-18(24)21(17)26(19)8-7-20(27)28/h1-2,4-5,9-10,14,25H,3,6-8,11H2,(H,27,28). The summed E-state index contributed by atoms with van der Waals surface area (Å²) in [7, 11) is -3.80. The largest absolute Gasteiger partial charge is 0.481 e. The third kappa shape index (κ3) is 4.30. The molecule has 2 aromatic carbocycles. The number of nitrogens with one attached hydrogen (secondary N) is 1. The quantitative estimate of drug-likeness (QED) is 0.574. The number of halogens is 3. The monoisotopic (exact) mass is 468 g/mol. The third-order valence-electron chi connectivity index (χ3n) is 5.47. The van der Waals surface area contributed by atoms with Gasteiger partial charge in [0.15, 0.2) is 0 Å². The number of carbonyl (C=O) groups is 1. The van der Waals surface area contributed by atoms with Crippen molar-refractivity contribution in [3.05, 3.63) is 64.3 Å². The van der Waals surface area contributed by atoms with Crippen LogP contribution in [-0.4, -0.2) is 30.1 Å². The smallest absolute Gasteiger partial charge is 0.305 e. The fourth-order valence-corrected chi connectivity index (χ4v) is 5.55. The van der Waals surface area contributed by atoms with E-state index in [1.54, 1.807) is 4.57 Å². The lowest BCUT2D eigenvalue weighted by Crippen LogP contribution is -2.39. The zero-order valence-electron chi connectivity index (χ0n) is 16.2. The van der Waals surface area contributed by atoms with Gasteiger partial charge in [-0.25, -0.2) is 21.9 Å². The number of hydrogen-bond donors (Lipinski definition) is 2. The number of rotatable bonds is 6. The van der Waals surface area contributed by atoms with Crippen LogP contribution in [-0.2, 0) is 34.2 Å². The van der Waals surface area contributed by atoms with E-state index in [4.69, 9.17) is 16.7 Å². The number of aryl methyl sites for hydroxylation is 1. The summed E-state index contributed by atoms with van der Waals surface area (Å²) in [6, 6.07) is 7.28. The summed E-state index contributed by atoms with van der Waals surface area (Å²) in [5.74, 6) is -2.54. The lowest BCUT2D eigenvalue weighted by Gasteiger charge is -2.25. The van der Waals surface area contributed by atoms with Crippen molar-refractivity contribution in [3.63, 3.8) is 0 Å². The van der Waals surface area contributed by atoms with E-state index < -0.39 is 33.7 Å². The Kier molecular flexibility index (Phi) is 5.76. The molecule has 0 amide bonds. The maximum atomic E-state index is 14.6. The fourth-order valence-electron chi connectivity index (χ4n) is 4.15. The molecule has 1 unspecified atom stereocenters.